The van der Waals surface area contributed by atoms with Gasteiger partial charge in [-0.2, -0.15) is 0 Å². The van der Waals surface area contributed by atoms with Crippen LogP contribution < -0.4 is 0 Å². The van der Waals surface area contributed by atoms with E-state index in [1.807, 2.05) is 12.1 Å². The molecule has 2 aromatic rings. The van der Waals surface area contributed by atoms with Gasteiger partial charge in [-0.25, -0.2) is 14.2 Å². The predicted octanol–water partition coefficient (Wildman–Crippen LogP) is 3.93. The second-order valence-corrected chi connectivity index (χ2v) is 5.28. The largest absolute Gasteiger partial charge is 0.402 e. The number of nitrogens with zero attached hydrogens (tertiary/aromatic N) is 1. The van der Waals surface area contributed by atoms with Crippen molar-refractivity contribution in [1.82, 2.24) is 0 Å². The Morgan fingerprint density at radius 1 is 1.10 bits per heavy atom. The molecule has 0 radical (unpaired) electrons. The third kappa shape index (κ3) is 2.92. The molecule has 0 aromatic heterocycles. The quantitative estimate of drug-likeness (QED) is 0.610. The third-order valence-electron chi connectivity index (χ3n) is 2.91. The number of cyclic esters (lactones) is 1. The zero-order valence-corrected chi connectivity index (χ0v) is 12.3. The number of halogens is 2. The number of rotatable bonds is 2. The second-order valence-electron chi connectivity index (χ2n) is 4.36. The Balaban J connectivity index is 1.96. The van der Waals surface area contributed by atoms with Crippen molar-refractivity contribution in [3.63, 3.8) is 0 Å². The van der Waals surface area contributed by atoms with E-state index in [1.165, 1.54) is 12.1 Å². The van der Waals surface area contributed by atoms with Crippen LogP contribution >= 0.6 is 15.9 Å². The Labute approximate surface area is 128 Å². The number of benzene rings is 2. The Morgan fingerprint density at radius 3 is 2.52 bits per heavy atom. The molecule has 0 saturated carbocycles. The van der Waals surface area contributed by atoms with E-state index in [9.17, 15) is 9.18 Å². The van der Waals surface area contributed by atoms with Gasteiger partial charge >= 0.3 is 5.97 Å². The Hall–Kier alpha value is -2.27. The summed E-state index contributed by atoms with van der Waals surface area (Å²) < 4.78 is 19.6. The summed E-state index contributed by atoms with van der Waals surface area (Å²) in [7, 11) is 0. The minimum atomic E-state index is -0.587. The molecule has 0 N–H and O–H groups in total. The van der Waals surface area contributed by atoms with Crippen LogP contribution in [-0.4, -0.2) is 11.9 Å². The summed E-state index contributed by atoms with van der Waals surface area (Å²) in [6.07, 6.45) is 1.38. The highest BCUT2D eigenvalue weighted by molar-refractivity contribution is 9.10. The van der Waals surface area contributed by atoms with Crippen LogP contribution in [0, 0.1) is 5.82 Å². The van der Waals surface area contributed by atoms with Crippen LogP contribution in [0.2, 0.25) is 0 Å². The van der Waals surface area contributed by atoms with Crippen LogP contribution in [-0.2, 0) is 9.53 Å². The highest BCUT2D eigenvalue weighted by Crippen LogP contribution is 2.21. The van der Waals surface area contributed by atoms with Crippen molar-refractivity contribution in [2.75, 3.05) is 0 Å². The molecule has 0 unspecified atom stereocenters. The lowest BCUT2D eigenvalue weighted by Gasteiger charge is -1.98. The topological polar surface area (TPSA) is 38.7 Å². The maximum absolute atomic E-state index is 13.6. The lowest BCUT2D eigenvalue weighted by Crippen LogP contribution is -2.05. The van der Waals surface area contributed by atoms with Crippen molar-refractivity contribution in [2.24, 2.45) is 4.99 Å². The van der Waals surface area contributed by atoms with E-state index in [0.717, 1.165) is 4.47 Å². The molecule has 0 aliphatic carbocycles. The summed E-state index contributed by atoms with van der Waals surface area (Å²) in [5, 5.41) is 0. The monoisotopic (exact) mass is 345 g/mol. The zero-order chi connectivity index (χ0) is 14.8. The van der Waals surface area contributed by atoms with E-state index >= 15 is 0 Å². The molecule has 3 rings (SSSR count). The first-order chi connectivity index (χ1) is 10.1. The summed E-state index contributed by atoms with van der Waals surface area (Å²) in [5.41, 5.74) is 1.06. The molecule has 3 nitrogen and oxygen atoms in total. The van der Waals surface area contributed by atoms with Crippen LogP contribution in [0.5, 0.6) is 0 Å². The van der Waals surface area contributed by atoms with Crippen LogP contribution in [0.3, 0.4) is 0 Å². The van der Waals surface area contributed by atoms with E-state index in [4.69, 9.17) is 4.74 Å². The fourth-order valence-corrected chi connectivity index (χ4v) is 2.13. The highest BCUT2D eigenvalue weighted by Gasteiger charge is 2.24. The molecule has 1 aliphatic rings. The molecule has 0 atom stereocenters. The molecule has 1 heterocycles. The number of carbonyl (C=O) groups is 1. The molecule has 104 valence electrons. The fourth-order valence-electron chi connectivity index (χ4n) is 1.86. The van der Waals surface area contributed by atoms with E-state index < -0.39 is 11.8 Å². The first-order valence-electron chi connectivity index (χ1n) is 6.16. The van der Waals surface area contributed by atoms with Gasteiger partial charge in [0.15, 0.2) is 5.70 Å². The van der Waals surface area contributed by atoms with Crippen molar-refractivity contribution in [3.8, 4) is 0 Å². The first kappa shape index (κ1) is 13.7. The van der Waals surface area contributed by atoms with Crippen molar-refractivity contribution in [2.45, 2.75) is 0 Å². The standard InChI is InChI=1S/C16H9BrFNO2/c17-12-7-5-10(6-8-12)15-19-14(16(20)21-15)9-11-3-1-2-4-13(11)18/h1-9H. The SMILES string of the molecule is O=C1OC(c2ccc(Br)cc2)=NC1=Cc1ccccc1F. The number of esters is 1. The Kier molecular flexibility index (Phi) is 3.66. The van der Waals surface area contributed by atoms with Gasteiger partial charge < -0.3 is 4.74 Å². The summed E-state index contributed by atoms with van der Waals surface area (Å²) in [4.78, 5) is 15.9. The maximum Gasteiger partial charge on any atom is 0.363 e. The normalized spacial score (nSPS) is 16.0. The molecular formula is C16H9BrFNO2. The number of hydrogen-bond acceptors (Lipinski definition) is 3. The minimum absolute atomic E-state index is 0.0815. The lowest BCUT2D eigenvalue weighted by atomic mass is 10.2. The van der Waals surface area contributed by atoms with Crippen molar-refractivity contribution >= 4 is 33.9 Å². The fraction of sp³-hybridized carbons (Fsp3) is 0. The van der Waals surface area contributed by atoms with Gasteiger partial charge in [0.2, 0.25) is 5.90 Å². The smallest absolute Gasteiger partial charge is 0.363 e. The van der Waals surface area contributed by atoms with Gasteiger partial charge in [-0.05, 0) is 36.4 Å². The zero-order valence-electron chi connectivity index (χ0n) is 10.7. The Bertz CT molecular complexity index is 766. The van der Waals surface area contributed by atoms with Crippen molar-refractivity contribution < 1.29 is 13.9 Å². The van der Waals surface area contributed by atoms with Gasteiger partial charge in [0.05, 0.1) is 0 Å². The lowest BCUT2D eigenvalue weighted by molar-refractivity contribution is -0.129. The number of carbonyl (C=O) groups excluding carboxylic acids is 1. The van der Waals surface area contributed by atoms with E-state index in [2.05, 4.69) is 20.9 Å². The van der Waals surface area contributed by atoms with Gasteiger partial charge in [0.25, 0.3) is 0 Å². The van der Waals surface area contributed by atoms with E-state index in [1.54, 1.807) is 30.3 Å². The van der Waals surface area contributed by atoms with E-state index in [-0.39, 0.29) is 11.6 Å². The molecule has 1 aliphatic heterocycles. The van der Waals surface area contributed by atoms with Gasteiger partial charge in [-0.15, -0.1) is 0 Å². The number of hydrogen-bond donors (Lipinski definition) is 0. The predicted molar refractivity (Wildman–Crippen MR) is 81.1 cm³/mol. The van der Waals surface area contributed by atoms with Crippen LogP contribution in [0.1, 0.15) is 11.1 Å². The van der Waals surface area contributed by atoms with Crippen molar-refractivity contribution in [3.05, 3.63) is 75.6 Å². The van der Waals surface area contributed by atoms with Crippen LogP contribution in [0.4, 0.5) is 4.39 Å². The molecule has 0 saturated heterocycles. The first-order valence-corrected chi connectivity index (χ1v) is 6.96. The average Bonchev–Trinajstić information content (AvgIpc) is 2.83. The molecule has 5 heteroatoms. The maximum atomic E-state index is 13.6. The average molecular weight is 346 g/mol. The van der Waals surface area contributed by atoms with Gasteiger partial charge in [-0.1, -0.05) is 34.1 Å². The summed E-state index contributed by atoms with van der Waals surface area (Å²) in [6.45, 7) is 0. The highest BCUT2D eigenvalue weighted by atomic mass is 79.9. The summed E-state index contributed by atoms with van der Waals surface area (Å²) >= 11 is 3.33. The molecule has 0 amide bonds. The van der Waals surface area contributed by atoms with Gasteiger partial charge in [0, 0.05) is 15.6 Å². The Morgan fingerprint density at radius 2 is 1.81 bits per heavy atom. The molecular weight excluding hydrogens is 337 g/mol. The number of ether oxygens (including phenoxy) is 1. The molecule has 0 fully saturated rings. The summed E-state index contributed by atoms with van der Waals surface area (Å²) in [6, 6.07) is 13.4. The minimum Gasteiger partial charge on any atom is -0.402 e. The third-order valence-corrected chi connectivity index (χ3v) is 3.44. The van der Waals surface area contributed by atoms with E-state index in [0.29, 0.717) is 11.1 Å². The summed E-state index contributed by atoms with van der Waals surface area (Å²) in [5.74, 6) is -0.781. The van der Waals surface area contributed by atoms with Crippen LogP contribution in [0.25, 0.3) is 6.08 Å². The van der Waals surface area contributed by atoms with Gasteiger partial charge in [-0.3, -0.25) is 0 Å². The second kappa shape index (κ2) is 5.61. The van der Waals surface area contributed by atoms with Crippen molar-refractivity contribution in [1.29, 1.82) is 0 Å². The molecule has 0 bridgehead atoms. The molecule has 2 aromatic carbocycles. The molecule has 21 heavy (non-hydrogen) atoms. The van der Waals surface area contributed by atoms with Crippen LogP contribution in [0.15, 0.2) is 63.7 Å². The van der Waals surface area contributed by atoms with Gasteiger partial charge in [0.1, 0.15) is 5.82 Å². The molecule has 0 spiro atoms. The number of aliphatic imine (C=N–C) groups is 1.